The minimum Gasteiger partial charge on any atom is -0.350 e. The van der Waals surface area contributed by atoms with Crippen LogP contribution in [0.15, 0.2) is 43.0 Å². The molecule has 0 radical (unpaired) electrons. The summed E-state index contributed by atoms with van der Waals surface area (Å²) in [7, 11) is 0. The first kappa shape index (κ1) is 18.3. The SMILES string of the molecule is CC(=O)N[C@@H](Cc1cnc[nH]1)C(=O)NCc1cn[nH]c1-c1ccc(F)cc1. The molecule has 0 unspecified atom stereocenters. The van der Waals surface area contributed by atoms with E-state index in [9.17, 15) is 14.0 Å². The molecule has 1 aromatic carbocycles. The Morgan fingerprint density at radius 1 is 1.22 bits per heavy atom. The Bertz CT molecular complexity index is 904. The van der Waals surface area contributed by atoms with Crippen molar-refractivity contribution in [2.24, 2.45) is 0 Å². The van der Waals surface area contributed by atoms with Gasteiger partial charge in [0.15, 0.2) is 0 Å². The lowest BCUT2D eigenvalue weighted by molar-refractivity contribution is -0.128. The predicted molar refractivity (Wildman–Crippen MR) is 95.7 cm³/mol. The van der Waals surface area contributed by atoms with E-state index in [4.69, 9.17) is 0 Å². The number of carbonyl (C=O) groups excluding carboxylic acids is 2. The number of halogens is 1. The zero-order chi connectivity index (χ0) is 19.2. The quantitative estimate of drug-likeness (QED) is 0.502. The first-order valence-electron chi connectivity index (χ1n) is 8.33. The number of carbonyl (C=O) groups is 2. The van der Waals surface area contributed by atoms with Crippen LogP contribution < -0.4 is 10.6 Å². The van der Waals surface area contributed by atoms with Crippen molar-refractivity contribution in [1.29, 1.82) is 0 Å². The Morgan fingerprint density at radius 2 is 2.00 bits per heavy atom. The Labute approximate surface area is 154 Å². The van der Waals surface area contributed by atoms with Crippen LogP contribution in [0.4, 0.5) is 4.39 Å². The molecular weight excluding hydrogens is 351 g/mol. The summed E-state index contributed by atoms with van der Waals surface area (Å²) >= 11 is 0. The summed E-state index contributed by atoms with van der Waals surface area (Å²) in [5.74, 6) is -0.957. The summed E-state index contributed by atoms with van der Waals surface area (Å²) in [5.41, 5.74) is 2.94. The van der Waals surface area contributed by atoms with E-state index < -0.39 is 6.04 Å². The Hall–Kier alpha value is -3.49. The van der Waals surface area contributed by atoms with Gasteiger partial charge < -0.3 is 15.6 Å². The van der Waals surface area contributed by atoms with Crippen molar-refractivity contribution >= 4 is 11.8 Å². The van der Waals surface area contributed by atoms with E-state index in [1.54, 1.807) is 24.5 Å². The van der Waals surface area contributed by atoms with Crippen LogP contribution >= 0.6 is 0 Å². The third kappa shape index (κ3) is 4.78. The second kappa shape index (κ2) is 8.26. The molecule has 0 saturated heterocycles. The molecular formula is C18H19FN6O2. The molecule has 3 rings (SSSR count). The summed E-state index contributed by atoms with van der Waals surface area (Å²) in [6.07, 6.45) is 5.01. The van der Waals surface area contributed by atoms with E-state index >= 15 is 0 Å². The van der Waals surface area contributed by atoms with Crippen LogP contribution in [0.1, 0.15) is 18.2 Å². The van der Waals surface area contributed by atoms with Gasteiger partial charge in [0.25, 0.3) is 0 Å². The zero-order valence-corrected chi connectivity index (χ0v) is 14.6. The van der Waals surface area contributed by atoms with Gasteiger partial charge in [0.2, 0.25) is 11.8 Å². The monoisotopic (exact) mass is 370 g/mol. The van der Waals surface area contributed by atoms with Crippen LogP contribution in [-0.4, -0.2) is 38.0 Å². The van der Waals surface area contributed by atoms with Crippen LogP contribution in [0, 0.1) is 5.82 Å². The van der Waals surface area contributed by atoms with Gasteiger partial charge in [0.05, 0.1) is 18.2 Å². The average molecular weight is 370 g/mol. The van der Waals surface area contributed by atoms with Crippen molar-refractivity contribution in [3.8, 4) is 11.3 Å². The van der Waals surface area contributed by atoms with E-state index in [2.05, 4.69) is 30.8 Å². The van der Waals surface area contributed by atoms with Crippen LogP contribution in [0.2, 0.25) is 0 Å². The van der Waals surface area contributed by atoms with Gasteiger partial charge >= 0.3 is 0 Å². The van der Waals surface area contributed by atoms with Crippen molar-refractivity contribution in [2.75, 3.05) is 0 Å². The van der Waals surface area contributed by atoms with E-state index in [0.717, 1.165) is 16.8 Å². The lowest BCUT2D eigenvalue weighted by atomic mass is 10.1. The molecule has 140 valence electrons. The molecule has 2 amide bonds. The molecule has 0 aliphatic rings. The number of aromatic amines is 2. The summed E-state index contributed by atoms with van der Waals surface area (Å²) in [6.45, 7) is 1.57. The van der Waals surface area contributed by atoms with Gasteiger partial charge in [-0.25, -0.2) is 9.37 Å². The van der Waals surface area contributed by atoms with Crippen molar-refractivity contribution < 1.29 is 14.0 Å². The number of H-pyrrole nitrogens is 2. The van der Waals surface area contributed by atoms with Gasteiger partial charge in [0, 0.05) is 42.9 Å². The third-order valence-electron chi connectivity index (χ3n) is 3.98. The number of hydrogen-bond donors (Lipinski definition) is 4. The highest BCUT2D eigenvalue weighted by molar-refractivity contribution is 5.87. The topological polar surface area (TPSA) is 116 Å². The fraction of sp³-hybridized carbons (Fsp3) is 0.222. The smallest absolute Gasteiger partial charge is 0.243 e. The van der Waals surface area contributed by atoms with E-state index in [1.165, 1.54) is 25.4 Å². The molecule has 0 spiro atoms. The molecule has 0 bridgehead atoms. The van der Waals surface area contributed by atoms with Gasteiger partial charge in [-0.3, -0.25) is 14.7 Å². The maximum atomic E-state index is 13.1. The Balaban J connectivity index is 1.67. The van der Waals surface area contributed by atoms with Crippen LogP contribution in [-0.2, 0) is 22.6 Å². The predicted octanol–water partition coefficient (Wildman–Crippen LogP) is 1.30. The Kier molecular flexibility index (Phi) is 5.60. The first-order chi connectivity index (χ1) is 13.0. The molecule has 0 aliphatic heterocycles. The molecule has 0 aliphatic carbocycles. The van der Waals surface area contributed by atoms with Gasteiger partial charge in [0.1, 0.15) is 11.9 Å². The molecule has 9 heteroatoms. The number of rotatable bonds is 7. The molecule has 1 atom stereocenters. The molecule has 3 aromatic rings. The summed E-state index contributed by atoms with van der Waals surface area (Å²) in [4.78, 5) is 30.8. The molecule has 2 aromatic heterocycles. The largest absolute Gasteiger partial charge is 0.350 e. The molecule has 0 saturated carbocycles. The maximum Gasteiger partial charge on any atom is 0.243 e. The molecule has 2 heterocycles. The van der Waals surface area contributed by atoms with Crippen molar-refractivity contribution in [1.82, 2.24) is 30.8 Å². The fourth-order valence-electron chi connectivity index (χ4n) is 2.69. The fourth-order valence-corrected chi connectivity index (χ4v) is 2.69. The zero-order valence-electron chi connectivity index (χ0n) is 14.6. The number of imidazole rings is 1. The summed E-state index contributed by atoms with van der Waals surface area (Å²) < 4.78 is 13.1. The van der Waals surface area contributed by atoms with Crippen LogP contribution in [0.5, 0.6) is 0 Å². The molecule has 27 heavy (non-hydrogen) atoms. The second-order valence-electron chi connectivity index (χ2n) is 6.03. The van der Waals surface area contributed by atoms with Crippen molar-refractivity contribution in [3.63, 3.8) is 0 Å². The van der Waals surface area contributed by atoms with E-state index in [0.29, 0.717) is 12.1 Å². The molecule has 8 nitrogen and oxygen atoms in total. The van der Waals surface area contributed by atoms with Crippen LogP contribution in [0.3, 0.4) is 0 Å². The highest BCUT2D eigenvalue weighted by Crippen LogP contribution is 2.21. The van der Waals surface area contributed by atoms with Gasteiger partial charge in [-0.05, 0) is 24.3 Å². The van der Waals surface area contributed by atoms with Crippen molar-refractivity contribution in [3.05, 3.63) is 60.1 Å². The van der Waals surface area contributed by atoms with E-state index in [-0.39, 0.29) is 24.2 Å². The average Bonchev–Trinajstić information content (AvgIpc) is 3.31. The third-order valence-corrected chi connectivity index (χ3v) is 3.98. The molecule has 0 fully saturated rings. The minimum absolute atomic E-state index is 0.209. The number of nitrogens with one attached hydrogen (secondary N) is 4. The maximum absolute atomic E-state index is 13.1. The van der Waals surface area contributed by atoms with Gasteiger partial charge in [-0.15, -0.1) is 0 Å². The second-order valence-corrected chi connectivity index (χ2v) is 6.03. The highest BCUT2D eigenvalue weighted by atomic mass is 19.1. The number of amides is 2. The van der Waals surface area contributed by atoms with Gasteiger partial charge in [-0.1, -0.05) is 0 Å². The van der Waals surface area contributed by atoms with Gasteiger partial charge in [-0.2, -0.15) is 5.10 Å². The first-order valence-corrected chi connectivity index (χ1v) is 8.33. The normalized spacial score (nSPS) is 11.8. The number of nitrogens with zero attached hydrogens (tertiary/aromatic N) is 2. The summed E-state index contributed by atoms with van der Waals surface area (Å²) in [5, 5.41) is 12.3. The lowest BCUT2D eigenvalue weighted by Crippen LogP contribution is -2.47. The lowest BCUT2D eigenvalue weighted by Gasteiger charge is -2.17. The summed E-state index contributed by atoms with van der Waals surface area (Å²) in [6, 6.07) is 5.24. The number of aromatic nitrogens is 4. The Morgan fingerprint density at radius 3 is 2.67 bits per heavy atom. The van der Waals surface area contributed by atoms with E-state index in [1.807, 2.05) is 0 Å². The highest BCUT2D eigenvalue weighted by Gasteiger charge is 2.21. The van der Waals surface area contributed by atoms with Crippen molar-refractivity contribution in [2.45, 2.75) is 25.9 Å². The minimum atomic E-state index is -0.732. The van der Waals surface area contributed by atoms with Crippen LogP contribution in [0.25, 0.3) is 11.3 Å². The standard InChI is InChI=1S/C18H19FN6O2/c1-11(26)24-16(6-15-9-20-10-22-15)18(27)21-7-13-8-23-25-17(13)12-2-4-14(19)5-3-12/h2-5,8-10,16H,6-7H2,1H3,(H,20,22)(H,21,27)(H,23,25)(H,24,26)/t16-/m0/s1. The number of benzene rings is 1. The number of hydrogen-bond acceptors (Lipinski definition) is 4. The molecule has 4 N–H and O–H groups in total.